The second kappa shape index (κ2) is 10.6. The molecule has 1 saturated heterocycles. The molecule has 0 aliphatic carbocycles. The Morgan fingerprint density at radius 2 is 1.95 bits per heavy atom. The van der Waals surface area contributed by atoms with Gasteiger partial charge < -0.3 is 20.5 Å². The molecule has 6 heteroatoms. The molecule has 0 spiro atoms. The van der Waals surface area contributed by atoms with E-state index in [9.17, 15) is 5.11 Å². The molecule has 0 bridgehead atoms. The summed E-state index contributed by atoms with van der Waals surface area (Å²) < 4.78 is 5.79. The fourth-order valence-electron chi connectivity index (χ4n) is 2.58. The van der Waals surface area contributed by atoms with Gasteiger partial charge >= 0.3 is 0 Å². The molecule has 1 heterocycles. The highest BCUT2D eigenvalue weighted by atomic mass is 127. The van der Waals surface area contributed by atoms with Crippen molar-refractivity contribution in [3.8, 4) is 0 Å². The minimum atomic E-state index is -0.101. The smallest absolute Gasteiger partial charge is 0.191 e. The van der Waals surface area contributed by atoms with Gasteiger partial charge in [-0.05, 0) is 39.5 Å². The molecular formula is C16H34IN3O2. The predicted octanol–water partition coefficient (Wildman–Crippen LogP) is 2.53. The van der Waals surface area contributed by atoms with E-state index in [0.717, 1.165) is 51.3 Å². The van der Waals surface area contributed by atoms with Crippen molar-refractivity contribution in [1.29, 1.82) is 0 Å². The van der Waals surface area contributed by atoms with Crippen LogP contribution in [0.25, 0.3) is 0 Å². The van der Waals surface area contributed by atoms with E-state index >= 15 is 0 Å². The number of guanidine groups is 1. The van der Waals surface area contributed by atoms with E-state index in [1.54, 1.807) is 0 Å². The summed E-state index contributed by atoms with van der Waals surface area (Å²) in [6, 6.07) is 0. The number of aliphatic imine (C=N–C) groups is 1. The van der Waals surface area contributed by atoms with Gasteiger partial charge in [0.05, 0.1) is 18.8 Å². The molecule has 132 valence electrons. The molecule has 3 N–H and O–H groups in total. The second-order valence-corrected chi connectivity index (χ2v) is 6.32. The molecule has 0 saturated carbocycles. The van der Waals surface area contributed by atoms with Crippen LogP contribution in [0.3, 0.4) is 0 Å². The Balaban J connectivity index is 0.00000441. The van der Waals surface area contributed by atoms with Crippen molar-refractivity contribution in [3.05, 3.63) is 0 Å². The lowest BCUT2D eigenvalue weighted by Crippen LogP contribution is -2.46. The Morgan fingerprint density at radius 3 is 2.41 bits per heavy atom. The lowest BCUT2D eigenvalue weighted by Gasteiger charge is -2.28. The Morgan fingerprint density at radius 1 is 1.27 bits per heavy atom. The molecule has 0 aromatic carbocycles. The number of hydrogen-bond acceptors (Lipinski definition) is 3. The van der Waals surface area contributed by atoms with Crippen LogP contribution in [0.15, 0.2) is 4.99 Å². The zero-order chi connectivity index (χ0) is 15.8. The molecule has 0 radical (unpaired) electrons. The van der Waals surface area contributed by atoms with Crippen molar-refractivity contribution in [2.24, 2.45) is 10.4 Å². The first-order chi connectivity index (χ1) is 10.0. The number of halogens is 1. The van der Waals surface area contributed by atoms with Crippen LogP contribution in [0.5, 0.6) is 0 Å². The molecule has 1 fully saturated rings. The Kier molecular flexibility index (Phi) is 10.6. The van der Waals surface area contributed by atoms with Crippen molar-refractivity contribution in [2.75, 3.05) is 32.8 Å². The largest absolute Gasteiger partial charge is 0.396 e. The maximum Gasteiger partial charge on any atom is 0.191 e. The summed E-state index contributed by atoms with van der Waals surface area (Å²) in [5.41, 5.74) is -0.185. The van der Waals surface area contributed by atoms with Crippen LogP contribution < -0.4 is 10.6 Å². The number of hydrogen-bond donors (Lipinski definition) is 3. The van der Waals surface area contributed by atoms with Gasteiger partial charge in [0, 0.05) is 25.1 Å². The first kappa shape index (κ1) is 21.9. The number of rotatable bonds is 8. The van der Waals surface area contributed by atoms with Gasteiger partial charge in [-0.1, -0.05) is 13.8 Å². The number of aliphatic hydroxyl groups is 1. The molecule has 0 aromatic heterocycles. The zero-order valence-corrected chi connectivity index (χ0v) is 16.9. The maximum absolute atomic E-state index is 9.63. The third-order valence-electron chi connectivity index (χ3n) is 4.68. The molecule has 5 nitrogen and oxygen atoms in total. The van der Waals surface area contributed by atoms with Gasteiger partial charge in [0.25, 0.3) is 0 Å². The molecular weight excluding hydrogens is 393 g/mol. The molecule has 0 amide bonds. The van der Waals surface area contributed by atoms with Gasteiger partial charge in [0.15, 0.2) is 5.96 Å². The molecule has 0 aromatic rings. The highest BCUT2D eigenvalue weighted by molar-refractivity contribution is 14.0. The van der Waals surface area contributed by atoms with Crippen LogP contribution in [0.4, 0.5) is 0 Å². The highest BCUT2D eigenvalue weighted by Gasteiger charge is 2.30. The van der Waals surface area contributed by atoms with Crippen molar-refractivity contribution in [2.45, 2.75) is 59.0 Å². The van der Waals surface area contributed by atoms with Gasteiger partial charge in [-0.15, -0.1) is 24.0 Å². The van der Waals surface area contributed by atoms with E-state index in [0.29, 0.717) is 6.54 Å². The molecule has 1 unspecified atom stereocenters. The number of ether oxygens (including phenoxy) is 1. The van der Waals surface area contributed by atoms with Crippen LogP contribution in [0, 0.1) is 5.41 Å². The summed E-state index contributed by atoms with van der Waals surface area (Å²) in [7, 11) is 0. The van der Waals surface area contributed by atoms with Crippen LogP contribution in [0.1, 0.15) is 53.4 Å². The molecule has 1 aliphatic heterocycles. The number of aliphatic hydroxyl groups excluding tert-OH is 1. The topological polar surface area (TPSA) is 65.9 Å². The summed E-state index contributed by atoms with van der Waals surface area (Å²) in [6.45, 7) is 11.7. The molecule has 1 atom stereocenters. The van der Waals surface area contributed by atoms with E-state index in [-0.39, 0.29) is 41.6 Å². The Labute approximate surface area is 152 Å². The van der Waals surface area contributed by atoms with Gasteiger partial charge in [-0.2, -0.15) is 0 Å². The molecule has 22 heavy (non-hydrogen) atoms. The Hall–Kier alpha value is -0.0800. The van der Waals surface area contributed by atoms with E-state index in [2.05, 4.69) is 43.3 Å². The van der Waals surface area contributed by atoms with E-state index in [1.165, 1.54) is 0 Å². The van der Waals surface area contributed by atoms with E-state index in [4.69, 9.17) is 4.74 Å². The first-order valence-electron chi connectivity index (χ1n) is 8.30. The summed E-state index contributed by atoms with van der Waals surface area (Å²) in [5, 5.41) is 16.3. The lowest BCUT2D eigenvalue weighted by molar-refractivity contribution is 0.0242. The van der Waals surface area contributed by atoms with Crippen molar-refractivity contribution in [3.63, 3.8) is 0 Å². The van der Waals surface area contributed by atoms with Crippen LogP contribution >= 0.6 is 24.0 Å². The van der Waals surface area contributed by atoms with Gasteiger partial charge in [-0.25, -0.2) is 0 Å². The van der Waals surface area contributed by atoms with Gasteiger partial charge in [0.2, 0.25) is 0 Å². The van der Waals surface area contributed by atoms with Gasteiger partial charge in [-0.3, -0.25) is 4.99 Å². The summed E-state index contributed by atoms with van der Waals surface area (Å²) in [5.74, 6) is 0.814. The van der Waals surface area contributed by atoms with Crippen LogP contribution in [0.2, 0.25) is 0 Å². The average molecular weight is 427 g/mol. The minimum absolute atomic E-state index is 0. The second-order valence-electron chi connectivity index (χ2n) is 6.32. The highest BCUT2D eigenvalue weighted by Crippen LogP contribution is 2.26. The van der Waals surface area contributed by atoms with Gasteiger partial charge in [0.1, 0.15) is 0 Å². The predicted molar refractivity (Wildman–Crippen MR) is 103 cm³/mol. The van der Waals surface area contributed by atoms with Crippen molar-refractivity contribution < 1.29 is 9.84 Å². The fourth-order valence-corrected chi connectivity index (χ4v) is 2.58. The standard InChI is InChI=1S/C16H33N3O2.HI/c1-5-16(6-2,13-20)12-19-14(17-7-3)18-11-15(4)9-8-10-21-15;/h20H,5-13H2,1-4H3,(H2,17,18,19);1H. The Bertz CT molecular complexity index is 319. The van der Waals surface area contributed by atoms with E-state index < -0.39 is 0 Å². The first-order valence-corrected chi connectivity index (χ1v) is 8.30. The monoisotopic (exact) mass is 427 g/mol. The average Bonchev–Trinajstić information content (AvgIpc) is 2.94. The number of nitrogens with one attached hydrogen (secondary N) is 2. The SMILES string of the molecule is CCNC(=NCC(CC)(CC)CO)NCC1(C)CCCO1.I. The quantitative estimate of drug-likeness (QED) is 0.317. The van der Waals surface area contributed by atoms with Crippen LogP contribution in [-0.2, 0) is 4.74 Å². The normalized spacial score (nSPS) is 22.3. The molecule has 1 rings (SSSR count). The summed E-state index contributed by atoms with van der Waals surface area (Å²) in [6.07, 6.45) is 4.09. The third-order valence-corrected chi connectivity index (χ3v) is 4.68. The molecule has 1 aliphatic rings. The van der Waals surface area contributed by atoms with Crippen LogP contribution in [-0.4, -0.2) is 49.5 Å². The number of nitrogens with zero attached hydrogens (tertiary/aromatic N) is 1. The van der Waals surface area contributed by atoms with Crippen molar-refractivity contribution in [1.82, 2.24) is 10.6 Å². The fraction of sp³-hybridized carbons (Fsp3) is 0.938. The maximum atomic E-state index is 9.63. The van der Waals surface area contributed by atoms with Crippen molar-refractivity contribution >= 4 is 29.9 Å². The lowest BCUT2D eigenvalue weighted by atomic mass is 9.83. The zero-order valence-electron chi connectivity index (χ0n) is 14.6. The van der Waals surface area contributed by atoms with E-state index in [1.807, 2.05) is 0 Å². The third kappa shape index (κ3) is 6.58. The summed E-state index contributed by atoms with van der Waals surface area (Å²) in [4.78, 5) is 4.67. The summed E-state index contributed by atoms with van der Waals surface area (Å²) >= 11 is 0. The minimum Gasteiger partial charge on any atom is -0.396 e.